The second-order valence-electron chi connectivity index (χ2n) is 3.51. The predicted octanol–water partition coefficient (Wildman–Crippen LogP) is 1.10. The summed E-state index contributed by atoms with van der Waals surface area (Å²) < 4.78 is 1.78. The van der Waals surface area contributed by atoms with Crippen LogP contribution in [0.5, 0.6) is 0 Å². The van der Waals surface area contributed by atoms with Crippen molar-refractivity contribution in [1.29, 1.82) is 0 Å². The quantitative estimate of drug-likeness (QED) is 0.549. The average molecular weight is 183 g/mol. The predicted molar refractivity (Wildman–Crippen MR) is 50.8 cm³/mol. The highest BCUT2D eigenvalue weighted by atomic mass is 16.6. The molecule has 0 aromatic carbocycles. The zero-order chi connectivity index (χ0) is 9.68. The minimum Gasteiger partial charge on any atom is -0.301 e. The third-order valence-electron chi connectivity index (χ3n) is 1.54. The molecule has 0 saturated heterocycles. The van der Waals surface area contributed by atoms with Crippen LogP contribution in [0.1, 0.15) is 19.5 Å². The Kier molecular flexibility index (Phi) is 3.92. The molecule has 0 aliphatic heterocycles. The number of hydroxylamine groups is 1. The number of rotatable bonds is 5. The number of nitrogens with one attached hydrogen (secondary N) is 1. The van der Waals surface area contributed by atoms with E-state index in [9.17, 15) is 0 Å². The number of hydrogen-bond donors (Lipinski definition) is 1. The van der Waals surface area contributed by atoms with Crippen molar-refractivity contribution in [3.8, 4) is 0 Å². The Hall–Kier alpha value is -0.870. The topological polar surface area (TPSA) is 39.1 Å². The van der Waals surface area contributed by atoms with Crippen LogP contribution in [0.4, 0.5) is 0 Å². The number of hydrogen-bond acceptors (Lipinski definition) is 3. The fourth-order valence-electron chi connectivity index (χ4n) is 0.908. The molecule has 0 saturated carbocycles. The Morgan fingerprint density at radius 3 is 2.92 bits per heavy atom. The van der Waals surface area contributed by atoms with Crippen LogP contribution in [-0.4, -0.2) is 16.4 Å². The SMILES string of the molecule is CC(C)CONCc1ccn(C)n1. The Labute approximate surface area is 78.8 Å². The lowest BCUT2D eigenvalue weighted by Gasteiger charge is -2.05. The van der Waals surface area contributed by atoms with Crippen LogP contribution in [0, 0.1) is 5.92 Å². The Morgan fingerprint density at radius 1 is 1.62 bits per heavy atom. The monoisotopic (exact) mass is 183 g/mol. The van der Waals surface area contributed by atoms with E-state index in [-0.39, 0.29) is 0 Å². The number of nitrogens with zero attached hydrogens (tertiary/aromatic N) is 2. The van der Waals surface area contributed by atoms with Crippen LogP contribution in [-0.2, 0) is 18.4 Å². The summed E-state index contributed by atoms with van der Waals surface area (Å²) in [6.07, 6.45) is 1.92. The van der Waals surface area contributed by atoms with E-state index in [0.717, 1.165) is 12.3 Å². The van der Waals surface area contributed by atoms with Gasteiger partial charge in [0.15, 0.2) is 0 Å². The van der Waals surface area contributed by atoms with Gasteiger partial charge in [-0.05, 0) is 12.0 Å². The van der Waals surface area contributed by atoms with Crippen molar-refractivity contribution in [3.05, 3.63) is 18.0 Å². The lowest BCUT2D eigenvalue weighted by Crippen LogP contribution is -2.17. The van der Waals surface area contributed by atoms with E-state index in [0.29, 0.717) is 12.5 Å². The van der Waals surface area contributed by atoms with E-state index < -0.39 is 0 Å². The smallest absolute Gasteiger partial charge is 0.0786 e. The molecule has 0 aliphatic rings. The van der Waals surface area contributed by atoms with Crippen molar-refractivity contribution in [3.63, 3.8) is 0 Å². The van der Waals surface area contributed by atoms with Crippen molar-refractivity contribution >= 4 is 0 Å². The van der Waals surface area contributed by atoms with Gasteiger partial charge in [-0.25, -0.2) is 0 Å². The van der Waals surface area contributed by atoms with Gasteiger partial charge >= 0.3 is 0 Å². The molecule has 0 fully saturated rings. The van der Waals surface area contributed by atoms with Gasteiger partial charge in [-0.3, -0.25) is 4.68 Å². The van der Waals surface area contributed by atoms with Crippen molar-refractivity contribution in [2.24, 2.45) is 13.0 Å². The van der Waals surface area contributed by atoms with E-state index in [1.54, 1.807) is 4.68 Å². The molecule has 0 amide bonds. The molecule has 1 heterocycles. The maximum Gasteiger partial charge on any atom is 0.0786 e. The van der Waals surface area contributed by atoms with E-state index in [4.69, 9.17) is 4.84 Å². The maximum atomic E-state index is 5.21. The van der Waals surface area contributed by atoms with Gasteiger partial charge in [0.1, 0.15) is 0 Å². The highest BCUT2D eigenvalue weighted by molar-refractivity contribution is 4.97. The fraction of sp³-hybridized carbons (Fsp3) is 0.667. The summed E-state index contributed by atoms with van der Waals surface area (Å²) in [5, 5.41) is 4.20. The van der Waals surface area contributed by atoms with Gasteiger partial charge in [0.2, 0.25) is 0 Å². The molecule has 13 heavy (non-hydrogen) atoms. The van der Waals surface area contributed by atoms with Gasteiger partial charge < -0.3 is 4.84 Å². The normalized spacial score (nSPS) is 11.1. The molecule has 0 bridgehead atoms. The van der Waals surface area contributed by atoms with Crippen molar-refractivity contribution in [2.75, 3.05) is 6.61 Å². The summed E-state index contributed by atoms with van der Waals surface area (Å²) in [5.74, 6) is 0.552. The van der Waals surface area contributed by atoms with Gasteiger partial charge in [-0.1, -0.05) is 13.8 Å². The van der Waals surface area contributed by atoms with Crippen LogP contribution in [0.2, 0.25) is 0 Å². The van der Waals surface area contributed by atoms with Crippen LogP contribution in [0.25, 0.3) is 0 Å². The summed E-state index contributed by atoms with van der Waals surface area (Å²) >= 11 is 0. The molecule has 74 valence electrons. The fourth-order valence-corrected chi connectivity index (χ4v) is 0.908. The largest absolute Gasteiger partial charge is 0.301 e. The first kappa shape index (κ1) is 10.2. The van der Waals surface area contributed by atoms with Crippen LogP contribution in [0.15, 0.2) is 12.3 Å². The summed E-state index contributed by atoms with van der Waals surface area (Å²) in [7, 11) is 1.90. The van der Waals surface area contributed by atoms with Crippen LogP contribution >= 0.6 is 0 Å². The number of aromatic nitrogens is 2. The number of aryl methyl sites for hydroxylation is 1. The molecule has 4 nitrogen and oxygen atoms in total. The third kappa shape index (κ3) is 4.05. The summed E-state index contributed by atoms with van der Waals surface area (Å²) in [6, 6.07) is 1.96. The Bertz CT molecular complexity index is 245. The lowest BCUT2D eigenvalue weighted by molar-refractivity contribution is 0.0190. The molecular formula is C9H17N3O. The molecule has 0 radical (unpaired) electrons. The van der Waals surface area contributed by atoms with Crippen molar-refractivity contribution < 1.29 is 4.84 Å². The van der Waals surface area contributed by atoms with Gasteiger partial charge in [0, 0.05) is 13.2 Å². The molecule has 1 N–H and O–H groups in total. The summed E-state index contributed by atoms with van der Waals surface area (Å²) in [6.45, 7) is 5.62. The zero-order valence-electron chi connectivity index (χ0n) is 8.45. The maximum absolute atomic E-state index is 5.21. The minimum atomic E-state index is 0.552. The Morgan fingerprint density at radius 2 is 2.38 bits per heavy atom. The van der Waals surface area contributed by atoms with Gasteiger partial charge in [0.05, 0.1) is 18.8 Å². The van der Waals surface area contributed by atoms with Crippen molar-refractivity contribution in [1.82, 2.24) is 15.3 Å². The van der Waals surface area contributed by atoms with E-state index in [2.05, 4.69) is 24.4 Å². The molecule has 1 aromatic heterocycles. The second-order valence-corrected chi connectivity index (χ2v) is 3.51. The molecule has 0 atom stereocenters. The van der Waals surface area contributed by atoms with Gasteiger partial charge in [-0.2, -0.15) is 10.6 Å². The third-order valence-corrected chi connectivity index (χ3v) is 1.54. The molecule has 0 aliphatic carbocycles. The van der Waals surface area contributed by atoms with E-state index in [1.165, 1.54) is 0 Å². The van der Waals surface area contributed by atoms with Gasteiger partial charge in [-0.15, -0.1) is 0 Å². The summed E-state index contributed by atoms with van der Waals surface area (Å²) in [4.78, 5) is 5.21. The molecular weight excluding hydrogens is 166 g/mol. The molecule has 0 spiro atoms. The van der Waals surface area contributed by atoms with E-state index >= 15 is 0 Å². The average Bonchev–Trinajstić information content (AvgIpc) is 2.45. The first-order chi connectivity index (χ1) is 6.18. The standard InChI is InChI=1S/C9H17N3O/c1-8(2)7-13-10-6-9-4-5-12(3)11-9/h4-5,8,10H,6-7H2,1-3H3. The van der Waals surface area contributed by atoms with Crippen LogP contribution in [0.3, 0.4) is 0 Å². The van der Waals surface area contributed by atoms with Gasteiger partial charge in [0.25, 0.3) is 0 Å². The summed E-state index contributed by atoms with van der Waals surface area (Å²) in [5.41, 5.74) is 3.86. The molecule has 0 unspecified atom stereocenters. The first-order valence-electron chi connectivity index (χ1n) is 4.51. The first-order valence-corrected chi connectivity index (χ1v) is 4.51. The highest BCUT2D eigenvalue weighted by Crippen LogP contribution is 1.94. The highest BCUT2D eigenvalue weighted by Gasteiger charge is 1.96. The molecule has 1 rings (SSSR count). The van der Waals surface area contributed by atoms with E-state index in [1.807, 2.05) is 19.3 Å². The van der Waals surface area contributed by atoms with Crippen molar-refractivity contribution in [2.45, 2.75) is 20.4 Å². The molecule has 1 aromatic rings. The zero-order valence-corrected chi connectivity index (χ0v) is 8.45. The second kappa shape index (κ2) is 4.99. The Balaban J connectivity index is 2.13. The minimum absolute atomic E-state index is 0.552. The molecule has 4 heteroatoms. The lowest BCUT2D eigenvalue weighted by atomic mass is 10.2. The van der Waals surface area contributed by atoms with Crippen LogP contribution < -0.4 is 5.48 Å².